The zero-order valence-electron chi connectivity index (χ0n) is 11.5. The smallest absolute Gasteiger partial charge is 0.254 e. The van der Waals surface area contributed by atoms with E-state index in [1.807, 2.05) is 0 Å². The molecule has 0 aliphatic rings. The van der Waals surface area contributed by atoms with Crippen molar-refractivity contribution in [3.8, 4) is 0 Å². The van der Waals surface area contributed by atoms with Gasteiger partial charge in [-0.2, -0.15) is 0 Å². The zero-order chi connectivity index (χ0) is 14.8. The normalized spacial score (nSPS) is 10.6. The fourth-order valence-electron chi connectivity index (χ4n) is 1.56. The van der Waals surface area contributed by atoms with E-state index >= 15 is 0 Å². The highest BCUT2D eigenvalue weighted by atomic mass is 32.1. The second-order valence-corrected chi connectivity index (χ2v) is 4.75. The van der Waals surface area contributed by atoms with Crippen molar-refractivity contribution in [1.29, 1.82) is 0 Å². The van der Waals surface area contributed by atoms with Crippen molar-refractivity contribution in [2.75, 3.05) is 33.5 Å². The topological polar surface area (TPSA) is 47.6 Å². The Kier molecular flexibility index (Phi) is 8.25. The summed E-state index contributed by atoms with van der Waals surface area (Å²) < 4.78 is 23.6. The van der Waals surface area contributed by atoms with Gasteiger partial charge in [-0.05, 0) is 31.0 Å². The SMILES string of the molecule is COCCOCCCCNC(=O)c1cc(S)ccc1F. The average Bonchev–Trinajstić information content (AvgIpc) is 2.44. The molecule has 0 fully saturated rings. The van der Waals surface area contributed by atoms with Crippen LogP contribution in [0.1, 0.15) is 23.2 Å². The number of carbonyl (C=O) groups is 1. The predicted octanol–water partition coefficient (Wildman–Crippen LogP) is 2.29. The maximum atomic E-state index is 13.4. The van der Waals surface area contributed by atoms with Crippen LogP contribution in [0.4, 0.5) is 4.39 Å². The Bertz CT molecular complexity index is 429. The Balaban J connectivity index is 2.18. The summed E-state index contributed by atoms with van der Waals surface area (Å²) in [5, 5.41) is 2.68. The number of halogens is 1. The first-order valence-corrected chi connectivity index (χ1v) is 6.93. The van der Waals surface area contributed by atoms with Crippen molar-refractivity contribution in [3.05, 3.63) is 29.6 Å². The van der Waals surface area contributed by atoms with E-state index in [2.05, 4.69) is 17.9 Å². The van der Waals surface area contributed by atoms with Gasteiger partial charge >= 0.3 is 0 Å². The van der Waals surface area contributed by atoms with Crippen LogP contribution in [0.3, 0.4) is 0 Å². The van der Waals surface area contributed by atoms with E-state index in [4.69, 9.17) is 9.47 Å². The number of unbranched alkanes of at least 4 members (excludes halogenated alkanes) is 1. The predicted molar refractivity (Wildman–Crippen MR) is 77.9 cm³/mol. The summed E-state index contributed by atoms with van der Waals surface area (Å²) in [6.45, 7) is 2.27. The Labute approximate surface area is 124 Å². The van der Waals surface area contributed by atoms with E-state index < -0.39 is 11.7 Å². The highest BCUT2D eigenvalue weighted by molar-refractivity contribution is 7.80. The summed E-state index contributed by atoms with van der Waals surface area (Å²) >= 11 is 4.09. The van der Waals surface area contributed by atoms with Crippen LogP contribution >= 0.6 is 12.6 Å². The summed E-state index contributed by atoms with van der Waals surface area (Å²) in [6.07, 6.45) is 1.61. The Hall–Kier alpha value is -1.11. The molecule has 1 N–H and O–H groups in total. The Morgan fingerprint density at radius 3 is 2.85 bits per heavy atom. The lowest BCUT2D eigenvalue weighted by molar-refractivity contribution is 0.0686. The maximum absolute atomic E-state index is 13.4. The van der Waals surface area contributed by atoms with Crippen LogP contribution in [0.25, 0.3) is 0 Å². The zero-order valence-corrected chi connectivity index (χ0v) is 12.4. The second kappa shape index (κ2) is 9.74. The molecule has 0 aliphatic carbocycles. The van der Waals surface area contributed by atoms with Crippen LogP contribution < -0.4 is 5.32 Å². The Morgan fingerprint density at radius 2 is 2.10 bits per heavy atom. The minimum atomic E-state index is -0.539. The van der Waals surface area contributed by atoms with Gasteiger partial charge in [0.15, 0.2) is 0 Å². The van der Waals surface area contributed by atoms with Crippen molar-refractivity contribution >= 4 is 18.5 Å². The molecule has 0 radical (unpaired) electrons. The van der Waals surface area contributed by atoms with Gasteiger partial charge in [0.1, 0.15) is 5.82 Å². The van der Waals surface area contributed by atoms with Crippen molar-refractivity contribution in [3.63, 3.8) is 0 Å². The van der Waals surface area contributed by atoms with Crippen LogP contribution in [-0.4, -0.2) is 39.4 Å². The first kappa shape index (κ1) is 16.9. The third kappa shape index (κ3) is 6.36. The summed E-state index contributed by atoms with van der Waals surface area (Å²) in [6, 6.07) is 4.16. The first-order valence-electron chi connectivity index (χ1n) is 6.48. The van der Waals surface area contributed by atoms with E-state index in [1.165, 1.54) is 18.2 Å². The van der Waals surface area contributed by atoms with E-state index in [-0.39, 0.29) is 5.56 Å². The molecule has 0 atom stereocenters. The van der Waals surface area contributed by atoms with E-state index in [0.29, 0.717) is 31.3 Å². The maximum Gasteiger partial charge on any atom is 0.254 e. The molecular formula is C14H20FNO3S. The van der Waals surface area contributed by atoms with Crippen LogP contribution in [0.15, 0.2) is 23.1 Å². The average molecular weight is 301 g/mol. The van der Waals surface area contributed by atoms with Crippen molar-refractivity contribution in [2.24, 2.45) is 0 Å². The second-order valence-electron chi connectivity index (χ2n) is 4.23. The lowest BCUT2D eigenvalue weighted by Crippen LogP contribution is -2.25. The molecule has 1 aromatic rings. The molecule has 20 heavy (non-hydrogen) atoms. The van der Waals surface area contributed by atoms with Crippen molar-refractivity contribution in [2.45, 2.75) is 17.7 Å². The van der Waals surface area contributed by atoms with Gasteiger partial charge < -0.3 is 14.8 Å². The quantitative estimate of drug-likeness (QED) is 0.543. The largest absolute Gasteiger partial charge is 0.382 e. The molecule has 1 rings (SSSR count). The van der Waals surface area contributed by atoms with Gasteiger partial charge in [0.2, 0.25) is 0 Å². The molecule has 0 heterocycles. The van der Waals surface area contributed by atoms with Gasteiger partial charge in [0, 0.05) is 25.2 Å². The number of ether oxygens (including phenoxy) is 2. The third-order valence-corrected chi connectivity index (χ3v) is 2.91. The molecule has 1 aromatic carbocycles. The molecule has 0 aromatic heterocycles. The first-order chi connectivity index (χ1) is 9.65. The molecule has 0 saturated carbocycles. The minimum Gasteiger partial charge on any atom is -0.382 e. The highest BCUT2D eigenvalue weighted by Crippen LogP contribution is 2.13. The number of benzene rings is 1. The molecular weight excluding hydrogens is 281 g/mol. The summed E-state index contributed by atoms with van der Waals surface area (Å²) in [5.41, 5.74) is 0.0221. The molecule has 1 amide bonds. The lowest BCUT2D eigenvalue weighted by atomic mass is 10.2. The van der Waals surface area contributed by atoms with Gasteiger partial charge in [-0.3, -0.25) is 4.79 Å². The Morgan fingerprint density at radius 1 is 1.30 bits per heavy atom. The van der Waals surface area contributed by atoms with Gasteiger partial charge in [-0.25, -0.2) is 4.39 Å². The number of rotatable bonds is 9. The standard InChI is InChI=1S/C14H20FNO3S/c1-18-8-9-19-7-3-2-6-16-14(17)12-10-11(20)4-5-13(12)15/h4-5,10,20H,2-3,6-9H2,1H3,(H,16,17). The highest BCUT2D eigenvalue weighted by Gasteiger charge is 2.10. The summed E-state index contributed by atoms with van der Waals surface area (Å²) in [4.78, 5) is 12.3. The number of carbonyl (C=O) groups excluding carboxylic acids is 1. The molecule has 6 heteroatoms. The van der Waals surface area contributed by atoms with Crippen LogP contribution in [0, 0.1) is 5.82 Å². The van der Waals surface area contributed by atoms with Crippen LogP contribution in [-0.2, 0) is 9.47 Å². The summed E-state index contributed by atoms with van der Waals surface area (Å²) in [5.74, 6) is -0.957. The number of hydrogen-bond acceptors (Lipinski definition) is 4. The van der Waals surface area contributed by atoms with Gasteiger partial charge in [-0.1, -0.05) is 0 Å². The molecule has 0 bridgehead atoms. The summed E-state index contributed by atoms with van der Waals surface area (Å²) in [7, 11) is 1.62. The number of methoxy groups -OCH3 is 1. The van der Waals surface area contributed by atoms with Gasteiger partial charge in [-0.15, -0.1) is 12.6 Å². The number of thiol groups is 1. The molecule has 0 aliphatic heterocycles. The van der Waals surface area contributed by atoms with E-state index in [0.717, 1.165) is 12.8 Å². The third-order valence-electron chi connectivity index (χ3n) is 2.63. The van der Waals surface area contributed by atoms with Crippen molar-refractivity contribution < 1.29 is 18.7 Å². The number of amides is 1. The fraction of sp³-hybridized carbons (Fsp3) is 0.500. The minimum absolute atomic E-state index is 0.0221. The lowest BCUT2D eigenvalue weighted by Gasteiger charge is -2.07. The van der Waals surface area contributed by atoms with E-state index in [1.54, 1.807) is 7.11 Å². The number of hydrogen-bond donors (Lipinski definition) is 2. The molecule has 112 valence electrons. The molecule has 0 spiro atoms. The monoisotopic (exact) mass is 301 g/mol. The van der Waals surface area contributed by atoms with Crippen LogP contribution in [0.5, 0.6) is 0 Å². The molecule has 0 unspecified atom stereocenters. The fourth-order valence-corrected chi connectivity index (χ4v) is 1.76. The van der Waals surface area contributed by atoms with Crippen molar-refractivity contribution in [1.82, 2.24) is 5.32 Å². The molecule has 0 saturated heterocycles. The van der Waals surface area contributed by atoms with Gasteiger partial charge in [0.05, 0.1) is 18.8 Å². The number of nitrogens with one attached hydrogen (secondary N) is 1. The van der Waals surface area contributed by atoms with Gasteiger partial charge in [0.25, 0.3) is 5.91 Å². The molecule has 4 nitrogen and oxygen atoms in total. The van der Waals surface area contributed by atoms with E-state index in [9.17, 15) is 9.18 Å². The van der Waals surface area contributed by atoms with Crippen LogP contribution in [0.2, 0.25) is 0 Å².